The molecule has 0 saturated heterocycles. The minimum Gasteiger partial charge on any atom is -0.348 e. The summed E-state index contributed by atoms with van der Waals surface area (Å²) in [5.74, 6) is 0. The third-order valence-corrected chi connectivity index (χ3v) is 9.18. The Morgan fingerprint density at radius 2 is 1.16 bits per heavy atom. The molecule has 0 unspecified atom stereocenters. The van der Waals surface area contributed by atoms with E-state index in [9.17, 15) is 8.63 Å². The van der Waals surface area contributed by atoms with Crippen molar-refractivity contribution < 1.29 is 8.63 Å². The van der Waals surface area contributed by atoms with Crippen LogP contribution in [0, 0.1) is 55.4 Å². The van der Waals surface area contributed by atoms with Gasteiger partial charge in [0.2, 0.25) is 6.71 Å². The molecule has 0 spiro atoms. The highest BCUT2D eigenvalue weighted by Crippen LogP contribution is 2.33. The number of aryl methyl sites for hydroxylation is 8. The second-order valence-corrected chi connectivity index (χ2v) is 12.9. The standard InChI is InChI=1S/C39H46B2F2N2/c1-23-17-26(4)37(27(5)18-23)40(38-28(6)19-24(2)20-29(38)7)35-15-13-34(14-16-35)36(39-30(8)22-32(10)45(39)12)33(11)25(3)21-31(9)44-41(42)43/h13-22H,1-12H3/b25-21-,36-33+,44-31?. The average Bonchev–Trinajstić information content (AvgIpc) is 3.17. The van der Waals surface area contributed by atoms with Gasteiger partial charge in [-0.1, -0.05) is 98.3 Å². The maximum Gasteiger partial charge on any atom is 0.692 e. The van der Waals surface area contributed by atoms with Crippen LogP contribution in [0.3, 0.4) is 0 Å². The van der Waals surface area contributed by atoms with Gasteiger partial charge in [-0.05, 0) is 111 Å². The number of aromatic nitrogens is 1. The highest BCUT2D eigenvalue weighted by molar-refractivity contribution is 6.96. The van der Waals surface area contributed by atoms with Gasteiger partial charge in [0.05, 0.1) is 5.69 Å². The fourth-order valence-electron chi connectivity index (χ4n) is 7.24. The molecule has 0 aliphatic carbocycles. The maximum atomic E-state index is 13.0. The van der Waals surface area contributed by atoms with E-state index in [2.05, 4.69) is 133 Å². The van der Waals surface area contributed by atoms with Crippen LogP contribution in [0.2, 0.25) is 0 Å². The molecule has 6 heteroatoms. The molecule has 232 valence electrons. The predicted molar refractivity (Wildman–Crippen MR) is 194 cm³/mol. The van der Waals surface area contributed by atoms with E-state index in [0.717, 1.165) is 33.7 Å². The molecule has 3 aromatic carbocycles. The lowest BCUT2D eigenvalue weighted by Gasteiger charge is -2.25. The van der Waals surface area contributed by atoms with E-state index in [0.29, 0.717) is 5.71 Å². The molecule has 1 aromatic heterocycles. The normalized spacial score (nSPS) is 12.8. The first-order valence-corrected chi connectivity index (χ1v) is 15.7. The van der Waals surface area contributed by atoms with Crippen LogP contribution in [0.5, 0.6) is 0 Å². The predicted octanol–water partition coefficient (Wildman–Crippen LogP) is 8.16. The largest absolute Gasteiger partial charge is 0.692 e. The molecule has 4 rings (SSSR count). The fraction of sp³-hybridized carbons (Fsp3) is 0.308. The Morgan fingerprint density at radius 3 is 1.56 bits per heavy atom. The molecule has 2 nitrogen and oxygen atoms in total. The van der Waals surface area contributed by atoms with Gasteiger partial charge in [0.25, 0.3) is 0 Å². The van der Waals surface area contributed by atoms with Crippen LogP contribution in [-0.4, -0.2) is 24.4 Å². The summed E-state index contributed by atoms with van der Waals surface area (Å²) in [6.07, 6.45) is 1.75. The smallest absolute Gasteiger partial charge is 0.348 e. The average molecular weight is 602 g/mol. The lowest BCUT2D eigenvalue weighted by Crippen LogP contribution is -2.55. The summed E-state index contributed by atoms with van der Waals surface area (Å²) < 4.78 is 28.2. The third-order valence-electron chi connectivity index (χ3n) is 9.18. The van der Waals surface area contributed by atoms with Gasteiger partial charge in [0, 0.05) is 24.0 Å². The molecule has 0 aliphatic rings. The van der Waals surface area contributed by atoms with E-state index >= 15 is 0 Å². The van der Waals surface area contributed by atoms with Crippen LogP contribution in [0.4, 0.5) is 8.63 Å². The summed E-state index contributed by atoms with van der Waals surface area (Å²) in [5, 5.41) is 0. The molecular weight excluding hydrogens is 556 g/mol. The molecule has 0 N–H and O–H groups in total. The molecule has 0 bridgehead atoms. The fourth-order valence-corrected chi connectivity index (χ4v) is 7.24. The third kappa shape index (κ3) is 7.16. The van der Waals surface area contributed by atoms with E-state index in [4.69, 9.17) is 0 Å². The van der Waals surface area contributed by atoms with Gasteiger partial charge in [-0.2, -0.15) is 0 Å². The monoisotopic (exact) mass is 602 g/mol. The van der Waals surface area contributed by atoms with Crippen molar-refractivity contribution in [2.45, 2.75) is 76.2 Å². The first-order valence-electron chi connectivity index (χ1n) is 15.7. The second kappa shape index (κ2) is 13.6. The van der Waals surface area contributed by atoms with Gasteiger partial charge >= 0.3 is 7.40 Å². The second-order valence-electron chi connectivity index (χ2n) is 12.9. The van der Waals surface area contributed by atoms with Gasteiger partial charge in [0.15, 0.2) is 0 Å². The zero-order chi connectivity index (χ0) is 33.3. The van der Waals surface area contributed by atoms with E-state index < -0.39 is 7.40 Å². The Morgan fingerprint density at radius 1 is 0.689 bits per heavy atom. The van der Waals surface area contributed by atoms with E-state index in [1.165, 1.54) is 55.3 Å². The molecule has 45 heavy (non-hydrogen) atoms. The minimum atomic E-state index is -2.72. The van der Waals surface area contributed by atoms with Gasteiger partial charge in [-0.25, -0.2) is 0 Å². The summed E-state index contributed by atoms with van der Waals surface area (Å²) in [7, 11) is -0.637. The zero-order valence-electron chi connectivity index (χ0n) is 29.1. The first-order chi connectivity index (χ1) is 21.1. The Kier molecular flexibility index (Phi) is 10.3. The molecule has 0 aliphatic heterocycles. The number of hydrogen-bond acceptors (Lipinski definition) is 1. The van der Waals surface area contributed by atoms with Crippen LogP contribution >= 0.6 is 0 Å². The van der Waals surface area contributed by atoms with Crippen LogP contribution in [0.15, 0.2) is 76.7 Å². The number of benzene rings is 3. The molecule has 0 amide bonds. The summed E-state index contributed by atoms with van der Waals surface area (Å²) in [5.41, 5.74) is 19.6. The van der Waals surface area contributed by atoms with Crippen molar-refractivity contribution >= 4 is 41.8 Å². The van der Waals surface area contributed by atoms with Crippen molar-refractivity contribution in [3.63, 3.8) is 0 Å². The summed E-state index contributed by atoms with van der Waals surface area (Å²) in [6, 6.07) is 20.4. The highest BCUT2D eigenvalue weighted by Gasteiger charge is 2.29. The van der Waals surface area contributed by atoms with E-state index in [1.54, 1.807) is 13.0 Å². The lowest BCUT2D eigenvalue weighted by atomic mass is 9.34. The summed E-state index contributed by atoms with van der Waals surface area (Å²) >= 11 is 0. The van der Waals surface area contributed by atoms with Crippen LogP contribution in [0.25, 0.3) is 5.57 Å². The number of rotatable bonds is 8. The molecule has 0 saturated carbocycles. The Hall–Kier alpha value is -3.92. The Balaban J connectivity index is 1.98. The minimum absolute atomic E-state index is 0.0858. The molecular formula is C39H46B2F2N2. The molecule has 0 atom stereocenters. The van der Waals surface area contributed by atoms with E-state index in [-0.39, 0.29) is 6.71 Å². The molecule has 1 heterocycles. The number of nitrogens with zero attached hydrogens (tertiary/aromatic N) is 2. The molecule has 0 fully saturated rings. The van der Waals surface area contributed by atoms with Crippen LogP contribution in [0.1, 0.15) is 76.7 Å². The van der Waals surface area contributed by atoms with Gasteiger partial charge < -0.3 is 4.57 Å². The summed E-state index contributed by atoms with van der Waals surface area (Å²) in [4.78, 5) is 3.45. The molecule has 4 aromatic rings. The van der Waals surface area contributed by atoms with Crippen molar-refractivity contribution in [3.05, 3.63) is 128 Å². The topological polar surface area (TPSA) is 17.3 Å². The van der Waals surface area contributed by atoms with Crippen LogP contribution in [-0.2, 0) is 7.05 Å². The Labute approximate surface area is 270 Å². The number of halogens is 2. The van der Waals surface area contributed by atoms with Crippen molar-refractivity contribution in [1.29, 1.82) is 0 Å². The highest BCUT2D eigenvalue weighted by atomic mass is 19.2. The van der Waals surface area contributed by atoms with Crippen molar-refractivity contribution in [1.82, 2.24) is 4.57 Å². The van der Waals surface area contributed by atoms with Crippen molar-refractivity contribution in [2.24, 2.45) is 12.0 Å². The SMILES string of the molecule is CC(/C=C(C)\C(C)=C(/c1ccc(B(c2c(C)cc(C)cc2C)c2c(C)cc(C)cc2C)cc1)c1c(C)cc(C)n1C)=NB(F)F. The number of hydrogen-bond donors (Lipinski definition) is 0. The van der Waals surface area contributed by atoms with Gasteiger partial charge in [0.1, 0.15) is 0 Å². The lowest BCUT2D eigenvalue weighted by molar-refractivity contribution is 0.662. The molecule has 0 radical (unpaired) electrons. The summed E-state index contributed by atoms with van der Waals surface area (Å²) in [6.45, 7) is 23.3. The maximum absolute atomic E-state index is 13.0. The van der Waals surface area contributed by atoms with Crippen molar-refractivity contribution in [2.75, 3.05) is 0 Å². The Bertz CT molecular complexity index is 1740. The first kappa shape index (κ1) is 34.0. The van der Waals surface area contributed by atoms with Crippen LogP contribution < -0.4 is 16.4 Å². The van der Waals surface area contributed by atoms with E-state index in [1.807, 2.05) is 6.92 Å². The van der Waals surface area contributed by atoms with Crippen molar-refractivity contribution in [3.8, 4) is 0 Å². The van der Waals surface area contributed by atoms with Gasteiger partial charge in [-0.3, -0.25) is 13.5 Å². The zero-order valence-corrected chi connectivity index (χ0v) is 29.1. The number of allylic oxidation sites excluding steroid dienone is 3. The van der Waals surface area contributed by atoms with Gasteiger partial charge in [-0.15, -0.1) is 0 Å². The quantitative estimate of drug-likeness (QED) is 0.110.